The number of aromatic nitrogens is 2. The molecule has 0 saturated carbocycles. The summed E-state index contributed by atoms with van der Waals surface area (Å²) in [4.78, 5) is 15.0. The van der Waals surface area contributed by atoms with E-state index in [-0.39, 0.29) is 11.9 Å². The van der Waals surface area contributed by atoms with E-state index >= 15 is 0 Å². The van der Waals surface area contributed by atoms with Crippen molar-refractivity contribution in [3.8, 4) is 22.8 Å². The van der Waals surface area contributed by atoms with Crippen LogP contribution in [0.4, 0.5) is 5.82 Å². The first-order chi connectivity index (χ1) is 14.7. The maximum Gasteiger partial charge on any atom is 0.255 e. The molecule has 156 valence electrons. The van der Waals surface area contributed by atoms with Crippen LogP contribution in [-0.2, 0) is 0 Å². The first-order valence-corrected chi connectivity index (χ1v) is 10.1. The minimum Gasteiger partial charge on any atom is -0.497 e. The molecule has 1 aliphatic rings. The highest BCUT2D eigenvalue weighted by atomic mass is 16.5. The number of hydrogen-bond donors (Lipinski definition) is 2. The lowest BCUT2D eigenvalue weighted by atomic mass is 10.0. The van der Waals surface area contributed by atoms with Crippen LogP contribution in [0.2, 0.25) is 0 Å². The van der Waals surface area contributed by atoms with E-state index < -0.39 is 0 Å². The van der Waals surface area contributed by atoms with Crippen LogP contribution in [-0.4, -0.2) is 49.5 Å². The van der Waals surface area contributed by atoms with Crippen molar-refractivity contribution < 1.29 is 14.3 Å². The summed E-state index contributed by atoms with van der Waals surface area (Å²) in [5.41, 5.74) is 2.64. The smallest absolute Gasteiger partial charge is 0.255 e. The minimum absolute atomic E-state index is 0.119. The molecule has 0 spiro atoms. The Morgan fingerprint density at radius 3 is 2.53 bits per heavy atom. The van der Waals surface area contributed by atoms with Gasteiger partial charge in [-0.1, -0.05) is 30.3 Å². The number of benzene rings is 2. The van der Waals surface area contributed by atoms with Gasteiger partial charge in [0.15, 0.2) is 5.82 Å². The van der Waals surface area contributed by atoms with Gasteiger partial charge < -0.3 is 19.7 Å². The van der Waals surface area contributed by atoms with E-state index in [1.165, 1.54) is 0 Å². The number of nitrogens with zero attached hydrogens (tertiary/aromatic N) is 2. The van der Waals surface area contributed by atoms with Gasteiger partial charge in [0.2, 0.25) is 0 Å². The standard InChI is InChI=1S/C23H26N4O3/c1-29-18-8-9-19(21(14-18)30-2)23(28)24-17-10-12-27(13-11-17)22-15-20(25-26-22)16-6-4-3-5-7-16/h3-9,14-15,17H,10-13H2,1-2H3,(H,24,28)(H,25,26). The molecule has 1 saturated heterocycles. The van der Waals surface area contributed by atoms with Crippen molar-refractivity contribution in [2.75, 3.05) is 32.2 Å². The van der Waals surface area contributed by atoms with Gasteiger partial charge in [0.05, 0.1) is 25.5 Å². The van der Waals surface area contributed by atoms with E-state index in [0.717, 1.165) is 43.0 Å². The third-order valence-electron chi connectivity index (χ3n) is 5.46. The zero-order valence-electron chi connectivity index (χ0n) is 17.2. The fraction of sp³-hybridized carbons (Fsp3) is 0.304. The molecule has 0 radical (unpaired) electrons. The molecule has 1 aromatic heterocycles. The molecule has 2 aromatic carbocycles. The number of piperidine rings is 1. The third kappa shape index (κ3) is 4.25. The van der Waals surface area contributed by atoms with Crippen LogP contribution in [0.15, 0.2) is 54.6 Å². The first kappa shape index (κ1) is 19.8. The van der Waals surface area contributed by atoms with Crippen LogP contribution in [0.25, 0.3) is 11.3 Å². The number of aromatic amines is 1. The number of amides is 1. The highest BCUT2D eigenvalue weighted by Gasteiger charge is 2.24. The van der Waals surface area contributed by atoms with Crippen LogP contribution in [0.5, 0.6) is 11.5 Å². The second-order valence-electron chi connectivity index (χ2n) is 7.31. The average Bonchev–Trinajstić information content (AvgIpc) is 3.30. The number of H-pyrrole nitrogens is 1. The average molecular weight is 406 g/mol. The Bertz CT molecular complexity index is 995. The maximum atomic E-state index is 12.7. The number of carbonyl (C=O) groups excluding carboxylic acids is 1. The van der Waals surface area contributed by atoms with Crippen LogP contribution in [0.1, 0.15) is 23.2 Å². The van der Waals surface area contributed by atoms with Gasteiger partial charge in [-0.05, 0) is 30.5 Å². The number of ether oxygens (including phenoxy) is 2. The number of rotatable bonds is 6. The van der Waals surface area contributed by atoms with Gasteiger partial charge in [-0.15, -0.1) is 0 Å². The van der Waals surface area contributed by atoms with Gasteiger partial charge in [0.25, 0.3) is 5.91 Å². The number of methoxy groups -OCH3 is 2. The van der Waals surface area contributed by atoms with Gasteiger partial charge >= 0.3 is 0 Å². The normalized spacial score (nSPS) is 14.4. The van der Waals surface area contributed by atoms with Crippen molar-refractivity contribution in [2.45, 2.75) is 18.9 Å². The second kappa shape index (κ2) is 8.90. The Kier molecular flexibility index (Phi) is 5.88. The molecule has 7 heteroatoms. The summed E-state index contributed by atoms with van der Waals surface area (Å²) >= 11 is 0. The Morgan fingerprint density at radius 1 is 1.07 bits per heavy atom. The molecule has 4 rings (SSSR count). The summed E-state index contributed by atoms with van der Waals surface area (Å²) < 4.78 is 10.6. The molecule has 30 heavy (non-hydrogen) atoms. The van der Waals surface area contributed by atoms with Gasteiger partial charge in [-0.3, -0.25) is 9.89 Å². The van der Waals surface area contributed by atoms with Crippen molar-refractivity contribution in [2.24, 2.45) is 0 Å². The summed E-state index contributed by atoms with van der Waals surface area (Å²) in [6.07, 6.45) is 1.72. The minimum atomic E-state index is -0.126. The third-order valence-corrected chi connectivity index (χ3v) is 5.46. The first-order valence-electron chi connectivity index (χ1n) is 10.1. The monoisotopic (exact) mass is 406 g/mol. The molecule has 7 nitrogen and oxygen atoms in total. The topological polar surface area (TPSA) is 79.5 Å². The SMILES string of the molecule is COc1ccc(C(=O)NC2CCN(c3cc(-c4ccccc4)[nH]n3)CC2)c(OC)c1. The van der Waals surface area contributed by atoms with E-state index in [2.05, 4.69) is 38.6 Å². The molecule has 3 aromatic rings. The summed E-state index contributed by atoms with van der Waals surface area (Å²) in [5.74, 6) is 1.98. The van der Waals surface area contributed by atoms with Crippen molar-refractivity contribution >= 4 is 11.7 Å². The Hall–Kier alpha value is -3.48. The molecule has 0 unspecified atom stereocenters. The quantitative estimate of drug-likeness (QED) is 0.655. The molecule has 0 atom stereocenters. The predicted octanol–water partition coefficient (Wildman–Crippen LogP) is 3.49. The molecule has 1 amide bonds. The van der Waals surface area contributed by atoms with Crippen LogP contribution >= 0.6 is 0 Å². The highest BCUT2D eigenvalue weighted by molar-refractivity contribution is 5.97. The van der Waals surface area contributed by atoms with Crippen LogP contribution in [0, 0.1) is 0 Å². The lowest BCUT2D eigenvalue weighted by Crippen LogP contribution is -2.44. The van der Waals surface area contributed by atoms with E-state index in [1.54, 1.807) is 32.4 Å². The van der Waals surface area contributed by atoms with Gasteiger partial charge in [-0.2, -0.15) is 5.10 Å². The zero-order chi connectivity index (χ0) is 20.9. The number of anilines is 1. The second-order valence-corrected chi connectivity index (χ2v) is 7.31. The lowest BCUT2D eigenvalue weighted by Gasteiger charge is -2.32. The maximum absolute atomic E-state index is 12.7. The van der Waals surface area contributed by atoms with Gasteiger partial charge in [0.1, 0.15) is 11.5 Å². The van der Waals surface area contributed by atoms with Gasteiger partial charge in [-0.25, -0.2) is 0 Å². The number of hydrogen-bond acceptors (Lipinski definition) is 5. The number of nitrogens with one attached hydrogen (secondary N) is 2. The number of carbonyl (C=O) groups is 1. The molecular weight excluding hydrogens is 380 g/mol. The van der Waals surface area contributed by atoms with Gasteiger partial charge in [0, 0.05) is 31.3 Å². The fourth-order valence-corrected chi connectivity index (χ4v) is 3.74. The van der Waals surface area contributed by atoms with E-state index in [1.807, 2.05) is 18.2 Å². The zero-order valence-corrected chi connectivity index (χ0v) is 17.2. The Balaban J connectivity index is 1.35. The molecular formula is C23H26N4O3. The Labute approximate surface area is 176 Å². The van der Waals surface area contributed by atoms with Crippen molar-refractivity contribution in [3.63, 3.8) is 0 Å². The van der Waals surface area contributed by atoms with Crippen molar-refractivity contribution in [1.29, 1.82) is 0 Å². The largest absolute Gasteiger partial charge is 0.497 e. The lowest BCUT2D eigenvalue weighted by molar-refractivity contribution is 0.0928. The van der Waals surface area contributed by atoms with E-state index in [4.69, 9.17) is 9.47 Å². The molecule has 0 bridgehead atoms. The summed E-state index contributed by atoms with van der Waals surface area (Å²) in [6.45, 7) is 1.67. The highest BCUT2D eigenvalue weighted by Crippen LogP contribution is 2.26. The van der Waals surface area contributed by atoms with Crippen LogP contribution < -0.4 is 19.7 Å². The predicted molar refractivity (Wildman–Crippen MR) is 116 cm³/mol. The van der Waals surface area contributed by atoms with E-state index in [0.29, 0.717) is 17.1 Å². The fourth-order valence-electron chi connectivity index (χ4n) is 3.74. The summed E-state index contributed by atoms with van der Waals surface area (Å²) in [7, 11) is 3.14. The summed E-state index contributed by atoms with van der Waals surface area (Å²) in [6, 6.07) is 17.6. The van der Waals surface area contributed by atoms with Crippen molar-refractivity contribution in [3.05, 3.63) is 60.2 Å². The van der Waals surface area contributed by atoms with Crippen molar-refractivity contribution in [1.82, 2.24) is 15.5 Å². The summed E-state index contributed by atoms with van der Waals surface area (Å²) in [5, 5.41) is 10.7. The molecule has 0 aliphatic carbocycles. The molecule has 1 fully saturated rings. The molecule has 2 heterocycles. The Morgan fingerprint density at radius 2 is 1.83 bits per heavy atom. The van der Waals surface area contributed by atoms with Crippen LogP contribution in [0.3, 0.4) is 0 Å². The molecule has 1 aliphatic heterocycles. The van der Waals surface area contributed by atoms with E-state index in [9.17, 15) is 4.79 Å². The molecule has 2 N–H and O–H groups in total.